The van der Waals surface area contributed by atoms with Gasteiger partial charge >= 0.3 is 0 Å². The molecule has 25 heavy (non-hydrogen) atoms. The number of fused-ring (bicyclic) bond motifs is 1. The van der Waals surface area contributed by atoms with Crippen LogP contribution in [0.4, 0.5) is 0 Å². The molecule has 0 amide bonds. The highest BCUT2D eigenvalue weighted by Crippen LogP contribution is 2.40. The van der Waals surface area contributed by atoms with Crippen LogP contribution in [0.3, 0.4) is 0 Å². The van der Waals surface area contributed by atoms with E-state index in [1.54, 1.807) is 30.3 Å². The molecule has 2 aromatic carbocycles. The zero-order chi connectivity index (χ0) is 17.4. The second-order valence-electron chi connectivity index (χ2n) is 6.41. The molecule has 0 unspecified atom stereocenters. The van der Waals surface area contributed by atoms with E-state index in [-0.39, 0.29) is 17.3 Å². The molecule has 128 valence electrons. The van der Waals surface area contributed by atoms with Crippen molar-refractivity contribution in [3.63, 3.8) is 0 Å². The SMILES string of the molecule is O=C1/C(=C/c2ccc(Cl)cc2)Oc2c1ccc(O)c2CN1CCCC1. The summed E-state index contributed by atoms with van der Waals surface area (Å²) in [6.45, 7) is 2.60. The van der Waals surface area contributed by atoms with Crippen LogP contribution in [0, 0.1) is 0 Å². The molecule has 1 N–H and O–H groups in total. The van der Waals surface area contributed by atoms with Crippen molar-refractivity contribution < 1.29 is 14.6 Å². The van der Waals surface area contributed by atoms with Crippen LogP contribution in [0.15, 0.2) is 42.2 Å². The quantitative estimate of drug-likeness (QED) is 0.836. The zero-order valence-electron chi connectivity index (χ0n) is 13.7. The van der Waals surface area contributed by atoms with Gasteiger partial charge in [0, 0.05) is 11.6 Å². The summed E-state index contributed by atoms with van der Waals surface area (Å²) >= 11 is 5.90. The summed E-state index contributed by atoms with van der Waals surface area (Å²) in [7, 11) is 0. The summed E-state index contributed by atoms with van der Waals surface area (Å²) < 4.78 is 5.87. The van der Waals surface area contributed by atoms with Gasteiger partial charge in [-0.25, -0.2) is 0 Å². The van der Waals surface area contributed by atoms with Crippen LogP contribution in [-0.4, -0.2) is 28.9 Å². The minimum absolute atomic E-state index is 0.160. The number of likely N-dealkylation sites (tertiary alicyclic amines) is 1. The predicted molar refractivity (Wildman–Crippen MR) is 97.0 cm³/mol. The minimum atomic E-state index is -0.160. The van der Waals surface area contributed by atoms with Gasteiger partial charge in [0.25, 0.3) is 0 Å². The molecule has 1 saturated heterocycles. The number of Topliss-reactive ketones (excluding diaryl/α,β-unsaturated/α-hetero) is 1. The largest absolute Gasteiger partial charge is 0.507 e. The fourth-order valence-corrected chi connectivity index (χ4v) is 3.45. The van der Waals surface area contributed by atoms with Crippen LogP contribution in [-0.2, 0) is 6.54 Å². The Bertz CT molecular complexity index is 852. The van der Waals surface area contributed by atoms with Gasteiger partial charge in [-0.15, -0.1) is 0 Å². The van der Waals surface area contributed by atoms with Crippen molar-refractivity contribution in [3.05, 3.63) is 63.9 Å². The summed E-state index contributed by atoms with van der Waals surface area (Å²) in [5, 5.41) is 10.9. The van der Waals surface area contributed by atoms with Gasteiger partial charge < -0.3 is 9.84 Å². The molecule has 2 aliphatic heterocycles. The molecule has 1 fully saturated rings. The molecular weight excluding hydrogens is 338 g/mol. The molecule has 0 radical (unpaired) electrons. The van der Waals surface area contributed by atoms with Crippen LogP contribution in [0.5, 0.6) is 11.5 Å². The third-order valence-electron chi connectivity index (χ3n) is 4.66. The lowest BCUT2D eigenvalue weighted by molar-refractivity contribution is 0.101. The molecule has 2 aliphatic rings. The Kier molecular flexibility index (Phi) is 4.24. The van der Waals surface area contributed by atoms with Gasteiger partial charge in [-0.3, -0.25) is 9.69 Å². The van der Waals surface area contributed by atoms with Gasteiger partial charge in [-0.05, 0) is 61.8 Å². The van der Waals surface area contributed by atoms with Crippen molar-refractivity contribution in [3.8, 4) is 11.5 Å². The van der Waals surface area contributed by atoms with Crippen molar-refractivity contribution in [2.75, 3.05) is 13.1 Å². The number of carbonyl (C=O) groups is 1. The lowest BCUT2D eigenvalue weighted by atomic mass is 10.0. The number of phenols is 1. The summed E-state index contributed by atoms with van der Waals surface area (Å²) in [5.74, 6) is 0.765. The number of hydrogen-bond donors (Lipinski definition) is 1. The normalized spacial score (nSPS) is 18.6. The lowest BCUT2D eigenvalue weighted by Gasteiger charge is -2.17. The Morgan fingerprint density at radius 1 is 1.12 bits per heavy atom. The molecular formula is C20H18ClNO3. The highest BCUT2D eigenvalue weighted by atomic mass is 35.5. The number of ether oxygens (including phenoxy) is 1. The van der Waals surface area contributed by atoms with E-state index in [1.807, 2.05) is 12.1 Å². The number of rotatable bonds is 3. The zero-order valence-corrected chi connectivity index (χ0v) is 14.4. The van der Waals surface area contributed by atoms with Crippen LogP contribution in [0.1, 0.15) is 34.3 Å². The Hall–Kier alpha value is -2.30. The summed E-state index contributed by atoms with van der Waals surface area (Å²) in [6, 6.07) is 10.4. The van der Waals surface area contributed by atoms with Crippen LogP contribution < -0.4 is 4.74 Å². The van der Waals surface area contributed by atoms with E-state index in [9.17, 15) is 9.90 Å². The van der Waals surface area contributed by atoms with Gasteiger partial charge in [0.1, 0.15) is 11.5 Å². The molecule has 0 saturated carbocycles. The average Bonchev–Trinajstić information content (AvgIpc) is 3.22. The second-order valence-corrected chi connectivity index (χ2v) is 6.85. The topological polar surface area (TPSA) is 49.8 Å². The standard InChI is InChI=1S/C20H18ClNO3/c21-14-5-3-13(4-6-14)11-18-19(24)15-7-8-17(23)16(20(15)25-18)12-22-9-1-2-10-22/h3-8,11,23H,1-2,9-10,12H2/b18-11-. The number of nitrogens with zero attached hydrogens (tertiary/aromatic N) is 1. The highest BCUT2D eigenvalue weighted by Gasteiger charge is 2.31. The van der Waals surface area contributed by atoms with Crippen molar-refractivity contribution in [2.45, 2.75) is 19.4 Å². The van der Waals surface area contributed by atoms with E-state index in [0.29, 0.717) is 28.4 Å². The number of hydrogen-bond acceptors (Lipinski definition) is 4. The minimum Gasteiger partial charge on any atom is -0.507 e. The van der Waals surface area contributed by atoms with Crippen molar-refractivity contribution >= 4 is 23.5 Å². The van der Waals surface area contributed by atoms with Gasteiger partial charge in [0.05, 0.1) is 11.1 Å². The van der Waals surface area contributed by atoms with Crippen LogP contribution in [0.2, 0.25) is 5.02 Å². The third kappa shape index (κ3) is 3.15. The van der Waals surface area contributed by atoms with E-state index in [0.717, 1.165) is 31.5 Å². The molecule has 0 aliphatic carbocycles. The Labute approximate surface area is 151 Å². The first-order valence-electron chi connectivity index (χ1n) is 8.39. The maximum absolute atomic E-state index is 12.7. The summed E-state index contributed by atoms with van der Waals surface area (Å²) in [4.78, 5) is 14.9. The number of halogens is 1. The fourth-order valence-electron chi connectivity index (χ4n) is 3.32. The number of carbonyl (C=O) groups excluding carboxylic acids is 1. The molecule has 0 bridgehead atoms. The number of phenolic OH excluding ortho intramolecular Hbond substituents is 1. The monoisotopic (exact) mass is 355 g/mol. The van der Waals surface area contributed by atoms with Crippen LogP contribution in [0.25, 0.3) is 6.08 Å². The number of ketones is 1. The van der Waals surface area contributed by atoms with Gasteiger partial charge in [0.2, 0.25) is 5.78 Å². The molecule has 0 atom stereocenters. The van der Waals surface area contributed by atoms with E-state index in [2.05, 4.69) is 4.90 Å². The van der Waals surface area contributed by atoms with E-state index >= 15 is 0 Å². The molecule has 4 rings (SSSR count). The maximum atomic E-state index is 12.7. The predicted octanol–water partition coefficient (Wildman–Crippen LogP) is 4.26. The average molecular weight is 356 g/mol. The number of benzene rings is 2. The summed E-state index contributed by atoms with van der Waals surface area (Å²) in [5.41, 5.74) is 2.03. The first kappa shape index (κ1) is 16.2. The van der Waals surface area contributed by atoms with Gasteiger partial charge in [0.15, 0.2) is 5.76 Å². The van der Waals surface area contributed by atoms with E-state index in [1.165, 1.54) is 0 Å². The second kappa shape index (κ2) is 6.54. The van der Waals surface area contributed by atoms with E-state index in [4.69, 9.17) is 16.3 Å². The van der Waals surface area contributed by atoms with Crippen molar-refractivity contribution in [2.24, 2.45) is 0 Å². The first-order valence-corrected chi connectivity index (χ1v) is 8.76. The lowest BCUT2D eigenvalue weighted by Crippen LogP contribution is -2.18. The maximum Gasteiger partial charge on any atom is 0.231 e. The molecule has 4 nitrogen and oxygen atoms in total. The van der Waals surface area contributed by atoms with Crippen molar-refractivity contribution in [1.82, 2.24) is 4.90 Å². The molecule has 0 spiro atoms. The third-order valence-corrected chi connectivity index (χ3v) is 4.92. The number of allylic oxidation sites excluding steroid dienone is 1. The van der Waals surface area contributed by atoms with E-state index < -0.39 is 0 Å². The Morgan fingerprint density at radius 2 is 1.84 bits per heavy atom. The van der Waals surface area contributed by atoms with Gasteiger partial charge in [-0.1, -0.05) is 23.7 Å². The molecule has 0 aromatic heterocycles. The smallest absolute Gasteiger partial charge is 0.231 e. The Morgan fingerprint density at radius 3 is 2.56 bits per heavy atom. The molecule has 5 heteroatoms. The first-order chi connectivity index (χ1) is 12.1. The van der Waals surface area contributed by atoms with Crippen molar-refractivity contribution in [1.29, 1.82) is 0 Å². The highest BCUT2D eigenvalue weighted by molar-refractivity contribution is 6.30. The molecule has 2 heterocycles. The molecule has 2 aromatic rings. The Balaban J connectivity index is 1.67. The fraction of sp³-hybridized carbons (Fsp3) is 0.250. The summed E-state index contributed by atoms with van der Waals surface area (Å²) in [6.07, 6.45) is 4.03. The van der Waals surface area contributed by atoms with Crippen LogP contribution >= 0.6 is 11.6 Å². The van der Waals surface area contributed by atoms with Gasteiger partial charge in [-0.2, -0.15) is 0 Å². The number of aromatic hydroxyl groups is 1.